The van der Waals surface area contributed by atoms with Gasteiger partial charge in [-0.25, -0.2) is 0 Å². The standard InChI is InChI=1S/C26H23F3N2O3/c1-15(18-9-17(14-32)10-19(11-18)26(27,28)29)13-30-16(2)22-12-23(25(34)31(3)4)24(33)21-8-6-5-7-20(21)22/h5-14,33H,1-4H3/b15-13+,30-16+. The van der Waals surface area contributed by atoms with E-state index in [1.807, 2.05) is 0 Å². The van der Waals surface area contributed by atoms with E-state index in [1.165, 1.54) is 17.2 Å². The van der Waals surface area contributed by atoms with Gasteiger partial charge in [-0.3, -0.25) is 14.6 Å². The van der Waals surface area contributed by atoms with E-state index in [4.69, 9.17) is 0 Å². The number of benzene rings is 3. The molecule has 0 heterocycles. The van der Waals surface area contributed by atoms with Crippen LogP contribution in [0.3, 0.4) is 0 Å². The van der Waals surface area contributed by atoms with Crippen LogP contribution in [0, 0.1) is 0 Å². The van der Waals surface area contributed by atoms with Crippen molar-refractivity contribution in [2.45, 2.75) is 20.0 Å². The van der Waals surface area contributed by atoms with E-state index in [0.29, 0.717) is 33.9 Å². The molecule has 0 radical (unpaired) electrons. The number of halogens is 3. The fraction of sp³-hybridized carbons (Fsp3) is 0.192. The number of nitrogens with zero attached hydrogens (tertiary/aromatic N) is 2. The van der Waals surface area contributed by atoms with E-state index in [0.717, 1.165) is 12.1 Å². The highest BCUT2D eigenvalue weighted by Gasteiger charge is 2.31. The van der Waals surface area contributed by atoms with Crippen LogP contribution in [0.25, 0.3) is 16.3 Å². The van der Waals surface area contributed by atoms with Gasteiger partial charge in [-0.1, -0.05) is 24.3 Å². The van der Waals surface area contributed by atoms with Gasteiger partial charge in [0.05, 0.1) is 11.1 Å². The number of aldehydes is 1. The van der Waals surface area contributed by atoms with Gasteiger partial charge in [-0.2, -0.15) is 13.2 Å². The average molecular weight is 468 g/mol. The molecule has 8 heteroatoms. The number of phenolic OH excluding ortho intramolecular Hbond substituents is 1. The molecule has 3 rings (SSSR count). The lowest BCUT2D eigenvalue weighted by Gasteiger charge is -2.16. The molecule has 0 aliphatic carbocycles. The van der Waals surface area contributed by atoms with E-state index < -0.39 is 11.7 Å². The summed E-state index contributed by atoms with van der Waals surface area (Å²) in [4.78, 5) is 29.5. The zero-order chi connectivity index (χ0) is 25.2. The summed E-state index contributed by atoms with van der Waals surface area (Å²) in [5, 5.41) is 11.8. The second kappa shape index (κ2) is 9.51. The molecule has 34 heavy (non-hydrogen) atoms. The van der Waals surface area contributed by atoms with Crippen LogP contribution in [-0.2, 0) is 6.18 Å². The Hall–Kier alpha value is -3.94. The normalized spacial score (nSPS) is 12.7. The van der Waals surface area contributed by atoms with Crippen LogP contribution in [0.2, 0.25) is 0 Å². The van der Waals surface area contributed by atoms with Crippen molar-refractivity contribution in [3.63, 3.8) is 0 Å². The molecular weight excluding hydrogens is 445 g/mol. The first-order valence-electron chi connectivity index (χ1n) is 10.3. The molecule has 0 aliphatic heterocycles. The van der Waals surface area contributed by atoms with Gasteiger partial charge < -0.3 is 10.0 Å². The molecule has 0 atom stereocenters. The Morgan fingerprint density at radius 1 is 1.00 bits per heavy atom. The highest BCUT2D eigenvalue weighted by molar-refractivity contribution is 6.15. The molecule has 0 saturated carbocycles. The number of alkyl halides is 3. The predicted octanol–water partition coefficient (Wildman–Crippen LogP) is 5.95. The number of carbonyl (C=O) groups excluding carboxylic acids is 2. The van der Waals surface area contributed by atoms with Gasteiger partial charge >= 0.3 is 6.18 Å². The molecule has 3 aromatic carbocycles. The Bertz CT molecular complexity index is 1340. The number of aromatic hydroxyl groups is 1. The van der Waals surface area contributed by atoms with Crippen molar-refractivity contribution in [3.8, 4) is 5.75 Å². The van der Waals surface area contributed by atoms with Crippen LogP contribution < -0.4 is 0 Å². The van der Waals surface area contributed by atoms with Crippen molar-refractivity contribution in [1.29, 1.82) is 0 Å². The second-order valence-corrected chi connectivity index (χ2v) is 8.05. The first kappa shape index (κ1) is 24.7. The van der Waals surface area contributed by atoms with Crippen LogP contribution in [0.5, 0.6) is 5.75 Å². The maximum atomic E-state index is 13.2. The lowest BCUT2D eigenvalue weighted by Crippen LogP contribution is -2.22. The van der Waals surface area contributed by atoms with Gasteiger partial charge in [0.1, 0.15) is 12.0 Å². The number of phenols is 1. The number of hydrogen-bond donors (Lipinski definition) is 1. The van der Waals surface area contributed by atoms with Gasteiger partial charge in [-0.05, 0) is 54.6 Å². The number of fused-ring (bicyclic) bond motifs is 1. The van der Waals surface area contributed by atoms with Crippen molar-refractivity contribution >= 4 is 34.3 Å². The average Bonchev–Trinajstić information content (AvgIpc) is 2.81. The molecule has 3 aromatic rings. The van der Waals surface area contributed by atoms with Crippen LogP contribution in [0.4, 0.5) is 13.2 Å². The lowest BCUT2D eigenvalue weighted by atomic mass is 9.96. The fourth-order valence-electron chi connectivity index (χ4n) is 3.51. The van der Waals surface area contributed by atoms with E-state index in [2.05, 4.69) is 4.99 Å². The summed E-state index contributed by atoms with van der Waals surface area (Å²) in [6, 6.07) is 11.7. The summed E-state index contributed by atoms with van der Waals surface area (Å²) < 4.78 is 39.6. The number of rotatable bonds is 5. The van der Waals surface area contributed by atoms with Crippen molar-refractivity contribution < 1.29 is 27.9 Å². The molecule has 0 unspecified atom stereocenters. The molecule has 0 bridgehead atoms. The predicted molar refractivity (Wildman–Crippen MR) is 126 cm³/mol. The minimum absolute atomic E-state index is 0.0883. The minimum Gasteiger partial charge on any atom is -0.506 e. The third-order valence-corrected chi connectivity index (χ3v) is 5.37. The second-order valence-electron chi connectivity index (χ2n) is 8.05. The zero-order valence-electron chi connectivity index (χ0n) is 19.1. The largest absolute Gasteiger partial charge is 0.506 e. The first-order valence-corrected chi connectivity index (χ1v) is 10.3. The van der Waals surface area contributed by atoms with Gasteiger partial charge in [0.25, 0.3) is 5.91 Å². The van der Waals surface area contributed by atoms with Crippen LogP contribution in [0.15, 0.2) is 59.7 Å². The van der Waals surface area contributed by atoms with Crippen molar-refractivity contribution in [2.24, 2.45) is 4.99 Å². The molecule has 1 N–H and O–H groups in total. The molecule has 0 fully saturated rings. The first-order chi connectivity index (χ1) is 15.9. The fourth-order valence-corrected chi connectivity index (χ4v) is 3.51. The van der Waals surface area contributed by atoms with E-state index in [-0.39, 0.29) is 28.3 Å². The summed E-state index contributed by atoms with van der Waals surface area (Å²) >= 11 is 0. The SMILES string of the molecule is C/C(=C\N=C(/C)c1cc(C(=O)N(C)C)c(O)c2ccccc12)c1cc(C=O)cc(C(F)(F)F)c1. The van der Waals surface area contributed by atoms with Crippen LogP contribution >= 0.6 is 0 Å². The van der Waals surface area contributed by atoms with E-state index >= 15 is 0 Å². The molecule has 0 spiro atoms. The van der Waals surface area contributed by atoms with E-state index in [9.17, 15) is 27.9 Å². The maximum Gasteiger partial charge on any atom is 0.416 e. The zero-order valence-corrected chi connectivity index (χ0v) is 19.1. The Kier molecular flexibility index (Phi) is 6.91. The number of carbonyl (C=O) groups is 2. The van der Waals surface area contributed by atoms with Gasteiger partial charge in [0.2, 0.25) is 0 Å². The van der Waals surface area contributed by atoms with Crippen molar-refractivity contribution in [3.05, 3.63) is 82.5 Å². The van der Waals surface area contributed by atoms with Crippen molar-refractivity contribution in [2.75, 3.05) is 14.1 Å². The van der Waals surface area contributed by atoms with E-state index in [1.54, 1.807) is 58.3 Å². The summed E-state index contributed by atoms with van der Waals surface area (Å²) in [7, 11) is 3.15. The smallest absolute Gasteiger partial charge is 0.416 e. The Morgan fingerprint density at radius 3 is 2.24 bits per heavy atom. The molecule has 5 nitrogen and oxygen atoms in total. The van der Waals surface area contributed by atoms with Gasteiger partial charge in [0, 0.05) is 42.5 Å². The quantitative estimate of drug-likeness (QED) is 0.372. The third-order valence-electron chi connectivity index (χ3n) is 5.37. The molecule has 0 aliphatic rings. The molecule has 1 amide bonds. The molecule has 176 valence electrons. The third kappa shape index (κ3) is 5.01. The van der Waals surface area contributed by atoms with Gasteiger partial charge in [0.15, 0.2) is 0 Å². The van der Waals surface area contributed by atoms with Crippen molar-refractivity contribution in [1.82, 2.24) is 4.90 Å². The Labute approximate surface area is 194 Å². The number of hydrogen-bond acceptors (Lipinski definition) is 4. The Morgan fingerprint density at radius 2 is 1.65 bits per heavy atom. The Balaban J connectivity index is 2.13. The minimum atomic E-state index is -4.59. The summed E-state index contributed by atoms with van der Waals surface area (Å²) in [6.07, 6.45) is -2.81. The maximum absolute atomic E-state index is 13.2. The monoisotopic (exact) mass is 468 g/mol. The highest BCUT2D eigenvalue weighted by Crippen LogP contribution is 2.34. The number of allylic oxidation sites excluding steroid dienone is 1. The molecule has 0 aromatic heterocycles. The summed E-state index contributed by atoms with van der Waals surface area (Å²) in [5.41, 5.74) is 0.828. The van der Waals surface area contributed by atoms with Crippen LogP contribution in [-0.4, -0.2) is 42.0 Å². The number of aliphatic imine (C=N–C) groups is 1. The topological polar surface area (TPSA) is 70.0 Å². The summed E-state index contributed by atoms with van der Waals surface area (Å²) in [6.45, 7) is 3.30. The highest BCUT2D eigenvalue weighted by atomic mass is 19.4. The summed E-state index contributed by atoms with van der Waals surface area (Å²) in [5.74, 6) is -0.516. The van der Waals surface area contributed by atoms with Crippen LogP contribution in [0.1, 0.15) is 51.3 Å². The molecular formula is C26H23F3N2O3. The molecule has 0 saturated heterocycles. The lowest BCUT2D eigenvalue weighted by molar-refractivity contribution is -0.137. The van der Waals surface area contributed by atoms with Gasteiger partial charge in [-0.15, -0.1) is 0 Å². The number of amides is 1.